The predicted molar refractivity (Wildman–Crippen MR) is 68.6 cm³/mol. The van der Waals surface area contributed by atoms with Gasteiger partial charge in [-0.15, -0.1) is 0 Å². The molecule has 2 aromatic rings. The van der Waals surface area contributed by atoms with Crippen molar-refractivity contribution in [1.82, 2.24) is 5.32 Å². The molecule has 0 spiro atoms. The van der Waals surface area contributed by atoms with E-state index in [1.807, 2.05) is 0 Å². The first-order chi connectivity index (χ1) is 9.49. The third-order valence-corrected chi connectivity index (χ3v) is 2.91. The van der Waals surface area contributed by atoms with E-state index < -0.39 is 23.6 Å². The van der Waals surface area contributed by atoms with Crippen LogP contribution in [0.15, 0.2) is 42.5 Å². The zero-order chi connectivity index (χ0) is 14.7. The van der Waals surface area contributed by atoms with E-state index in [2.05, 4.69) is 5.32 Å². The number of carbonyl (C=O) groups is 1. The van der Waals surface area contributed by atoms with Gasteiger partial charge in [-0.3, -0.25) is 4.79 Å². The summed E-state index contributed by atoms with van der Waals surface area (Å²) >= 11 is 0. The van der Waals surface area contributed by atoms with Crippen LogP contribution in [0.3, 0.4) is 0 Å². The van der Waals surface area contributed by atoms with E-state index in [0.717, 1.165) is 6.07 Å². The van der Waals surface area contributed by atoms with Crippen molar-refractivity contribution in [3.8, 4) is 0 Å². The minimum atomic E-state index is -1.18. The zero-order valence-corrected chi connectivity index (χ0v) is 10.7. The number of carbonyl (C=O) groups excluding carboxylic acids is 1. The smallest absolute Gasteiger partial charge is 0.254 e. The van der Waals surface area contributed by atoms with Gasteiger partial charge in [0.25, 0.3) is 5.91 Å². The van der Waals surface area contributed by atoms with Gasteiger partial charge in [-0.2, -0.15) is 0 Å². The van der Waals surface area contributed by atoms with Crippen LogP contribution in [-0.2, 0) is 0 Å². The molecule has 1 atom stereocenters. The van der Waals surface area contributed by atoms with Gasteiger partial charge < -0.3 is 5.32 Å². The topological polar surface area (TPSA) is 29.1 Å². The number of hydrogen-bond acceptors (Lipinski definition) is 1. The Morgan fingerprint density at radius 1 is 1.05 bits per heavy atom. The maximum atomic E-state index is 13.5. The summed E-state index contributed by atoms with van der Waals surface area (Å²) in [6.45, 7) is 1.67. The van der Waals surface area contributed by atoms with Crippen LogP contribution in [-0.4, -0.2) is 5.91 Å². The highest BCUT2D eigenvalue weighted by molar-refractivity contribution is 5.94. The van der Waals surface area contributed by atoms with E-state index in [0.29, 0.717) is 5.56 Å². The Balaban J connectivity index is 2.15. The lowest BCUT2D eigenvalue weighted by Gasteiger charge is -2.14. The number of rotatable bonds is 3. The second kappa shape index (κ2) is 5.77. The molecule has 0 aliphatic heterocycles. The molecule has 0 aliphatic carbocycles. The van der Waals surface area contributed by atoms with Crippen molar-refractivity contribution in [3.63, 3.8) is 0 Å². The van der Waals surface area contributed by atoms with Gasteiger partial charge in [0.15, 0.2) is 11.6 Å². The highest BCUT2D eigenvalue weighted by Gasteiger charge is 2.17. The average molecular weight is 279 g/mol. The molecule has 104 valence electrons. The zero-order valence-electron chi connectivity index (χ0n) is 10.7. The molecule has 1 unspecified atom stereocenters. The molecule has 0 fully saturated rings. The Hall–Kier alpha value is -2.30. The molecular formula is C15H12F3NO. The second-order valence-electron chi connectivity index (χ2n) is 4.35. The van der Waals surface area contributed by atoms with Crippen LogP contribution in [0, 0.1) is 17.5 Å². The van der Waals surface area contributed by atoms with Gasteiger partial charge >= 0.3 is 0 Å². The van der Waals surface area contributed by atoms with Gasteiger partial charge in [0.05, 0.1) is 11.6 Å². The molecule has 0 aromatic heterocycles. The summed E-state index contributed by atoms with van der Waals surface area (Å²) in [6.07, 6.45) is 0. The molecule has 5 heteroatoms. The van der Waals surface area contributed by atoms with Gasteiger partial charge in [-0.05, 0) is 36.8 Å². The molecular weight excluding hydrogens is 267 g/mol. The van der Waals surface area contributed by atoms with Crippen molar-refractivity contribution >= 4 is 5.91 Å². The summed E-state index contributed by atoms with van der Waals surface area (Å²) in [4.78, 5) is 11.9. The first-order valence-electron chi connectivity index (χ1n) is 5.99. The van der Waals surface area contributed by atoms with Gasteiger partial charge in [0, 0.05) is 0 Å². The predicted octanol–water partition coefficient (Wildman–Crippen LogP) is 3.59. The maximum absolute atomic E-state index is 13.5. The third kappa shape index (κ3) is 2.99. The van der Waals surface area contributed by atoms with Crippen molar-refractivity contribution in [2.45, 2.75) is 13.0 Å². The highest BCUT2D eigenvalue weighted by Crippen LogP contribution is 2.16. The van der Waals surface area contributed by atoms with E-state index in [1.165, 1.54) is 36.4 Å². The molecule has 2 rings (SSSR count). The molecule has 0 saturated heterocycles. The van der Waals surface area contributed by atoms with Crippen LogP contribution in [0.4, 0.5) is 13.2 Å². The van der Waals surface area contributed by atoms with Gasteiger partial charge in [0.2, 0.25) is 0 Å². The normalized spacial score (nSPS) is 12.0. The highest BCUT2D eigenvalue weighted by atomic mass is 19.2. The molecule has 20 heavy (non-hydrogen) atoms. The van der Waals surface area contributed by atoms with Gasteiger partial charge in [0.1, 0.15) is 5.82 Å². The molecule has 0 aliphatic rings. The Morgan fingerprint density at radius 2 is 1.70 bits per heavy atom. The molecule has 1 N–H and O–H groups in total. The molecule has 0 bridgehead atoms. The monoisotopic (exact) mass is 279 g/mol. The molecule has 0 radical (unpaired) electrons. The summed E-state index contributed by atoms with van der Waals surface area (Å²) < 4.78 is 39.3. The number of amides is 1. The van der Waals surface area contributed by atoms with Crippen LogP contribution in [0.1, 0.15) is 28.9 Å². The summed E-state index contributed by atoms with van der Waals surface area (Å²) in [5, 5.41) is 2.53. The largest absolute Gasteiger partial charge is 0.345 e. The molecule has 2 aromatic carbocycles. The third-order valence-electron chi connectivity index (χ3n) is 2.91. The summed E-state index contributed by atoms with van der Waals surface area (Å²) in [5.41, 5.74) is 0.301. The molecule has 2 nitrogen and oxygen atoms in total. The molecule has 1 amide bonds. The van der Waals surface area contributed by atoms with Crippen molar-refractivity contribution in [3.05, 3.63) is 71.0 Å². The van der Waals surface area contributed by atoms with Gasteiger partial charge in [-0.1, -0.05) is 18.2 Å². The fourth-order valence-corrected chi connectivity index (χ4v) is 1.79. The average Bonchev–Trinajstić information content (AvgIpc) is 2.42. The lowest BCUT2D eigenvalue weighted by atomic mass is 10.1. The molecule has 0 heterocycles. The van der Waals surface area contributed by atoms with E-state index in [1.54, 1.807) is 6.92 Å². The Bertz CT molecular complexity index is 626. The van der Waals surface area contributed by atoms with Crippen LogP contribution in [0.25, 0.3) is 0 Å². The summed E-state index contributed by atoms with van der Waals surface area (Å²) in [5.74, 6) is -3.37. The SMILES string of the molecule is CC(NC(=O)c1cccc(F)c1F)c1ccc(F)cc1. The minimum Gasteiger partial charge on any atom is -0.345 e. The van der Waals surface area contributed by atoms with Crippen LogP contribution in [0.5, 0.6) is 0 Å². The first kappa shape index (κ1) is 14.1. The minimum absolute atomic E-state index is 0.362. The molecule has 0 saturated carbocycles. The van der Waals surface area contributed by atoms with Crippen LogP contribution in [0.2, 0.25) is 0 Å². The van der Waals surface area contributed by atoms with Crippen LogP contribution >= 0.6 is 0 Å². The van der Waals surface area contributed by atoms with Crippen molar-refractivity contribution in [1.29, 1.82) is 0 Å². The second-order valence-corrected chi connectivity index (χ2v) is 4.35. The van der Waals surface area contributed by atoms with E-state index in [4.69, 9.17) is 0 Å². The fourth-order valence-electron chi connectivity index (χ4n) is 1.79. The number of nitrogens with one attached hydrogen (secondary N) is 1. The Labute approximate surface area is 114 Å². The number of hydrogen-bond donors (Lipinski definition) is 1. The standard InChI is InChI=1S/C15H12F3NO/c1-9(10-5-7-11(16)8-6-10)19-15(20)12-3-2-4-13(17)14(12)18/h2-9H,1H3,(H,19,20). The van der Waals surface area contributed by atoms with Crippen LogP contribution < -0.4 is 5.32 Å². The number of halogens is 3. The quantitative estimate of drug-likeness (QED) is 0.914. The van der Waals surface area contributed by atoms with Gasteiger partial charge in [-0.25, -0.2) is 13.2 Å². The summed E-state index contributed by atoms with van der Waals surface area (Å²) in [6, 6.07) is 8.51. The first-order valence-corrected chi connectivity index (χ1v) is 5.99. The summed E-state index contributed by atoms with van der Waals surface area (Å²) in [7, 11) is 0. The Kier molecular flexibility index (Phi) is 4.08. The van der Waals surface area contributed by atoms with E-state index in [9.17, 15) is 18.0 Å². The van der Waals surface area contributed by atoms with E-state index in [-0.39, 0.29) is 11.4 Å². The van der Waals surface area contributed by atoms with Crippen molar-refractivity contribution < 1.29 is 18.0 Å². The fraction of sp³-hybridized carbons (Fsp3) is 0.133. The lowest BCUT2D eigenvalue weighted by molar-refractivity contribution is 0.0934. The number of benzene rings is 2. The lowest BCUT2D eigenvalue weighted by Crippen LogP contribution is -2.27. The Morgan fingerprint density at radius 3 is 2.35 bits per heavy atom. The maximum Gasteiger partial charge on any atom is 0.254 e. The van der Waals surface area contributed by atoms with Crippen molar-refractivity contribution in [2.75, 3.05) is 0 Å². The van der Waals surface area contributed by atoms with E-state index >= 15 is 0 Å². The van der Waals surface area contributed by atoms with Crippen molar-refractivity contribution in [2.24, 2.45) is 0 Å².